The highest BCUT2D eigenvalue weighted by Gasteiger charge is 2.11. The molecule has 0 fully saturated rings. The zero-order valence-electron chi connectivity index (χ0n) is 12.6. The van der Waals surface area contributed by atoms with Gasteiger partial charge in [0.05, 0.1) is 16.5 Å². The summed E-state index contributed by atoms with van der Waals surface area (Å²) < 4.78 is 12.0. The molecule has 0 bridgehead atoms. The minimum Gasteiger partial charge on any atom is -0.355 e. The highest BCUT2D eigenvalue weighted by molar-refractivity contribution is 7.84. The van der Waals surface area contributed by atoms with E-state index in [1.807, 2.05) is 30.5 Å². The van der Waals surface area contributed by atoms with E-state index in [0.717, 1.165) is 23.5 Å². The summed E-state index contributed by atoms with van der Waals surface area (Å²) in [4.78, 5) is 16.0. The molecule has 2 aromatic rings. The number of benzene rings is 1. The van der Waals surface area contributed by atoms with Gasteiger partial charge in [-0.1, -0.05) is 37.3 Å². The minimum absolute atomic E-state index is 0.0472. The van der Waals surface area contributed by atoms with E-state index in [4.69, 9.17) is 0 Å². The van der Waals surface area contributed by atoms with Gasteiger partial charge in [-0.15, -0.1) is 11.3 Å². The smallest absolute Gasteiger partial charge is 0.232 e. The van der Waals surface area contributed by atoms with Crippen LogP contribution in [0.2, 0.25) is 0 Å². The number of hydrogen-bond acceptors (Lipinski definition) is 4. The lowest BCUT2D eigenvalue weighted by atomic mass is 10.2. The molecule has 0 saturated heterocycles. The molecule has 1 heterocycles. The number of nitrogens with one attached hydrogen (secondary N) is 1. The summed E-state index contributed by atoms with van der Waals surface area (Å²) in [6, 6.07) is 10.1. The van der Waals surface area contributed by atoms with Gasteiger partial charge in [-0.25, -0.2) is 4.98 Å². The van der Waals surface area contributed by atoms with Crippen LogP contribution in [0.4, 0.5) is 0 Å². The van der Waals surface area contributed by atoms with E-state index in [-0.39, 0.29) is 11.7 Å². The van der Waals surface area contributed by atoms with Gasteiger partial charge in [0.1, 0.15) is 5.75 Å². The summed E-state index contributed by atoms with van der Waals surface area (Å²) in [7, 11) is -1.21. The number of thiazole rings is 1. The first-order valence-electron chi connectivity index (χ1n) is 7.26. The van der Waals surface area contributed by atoms with Gasteiger partial charge in [0.2, 0.25) is 5.91 Å². The van der Waals surface area contributed by atoms with Crippen LogP contribution >= 0.6 is 11.3 Å². The molecule has 0 saturated carbocycles. The summed E-state index contributed by atoms with van der Waals surface area (Å²) in [5.74, 6) is 0.232. The monoisotopic (exact) mass is 336 g/mol. The Morgan fingerprint density at radius 2 is 2.09 bits per heavy atom. The lowest BCUT2D eigenvalue weighted by Gasteiger charge is -2.02. The molecule has 22 heavy (non-hydrogen) atoms. The lowest BCUT2D eigenvalue weighted by Crippen LogP contribution is -2.29. The molecule has 0 spiro atoms. The Balaban J connectivity index is 1.84. The number of aromatic nitrogens is 1. The fourth-order valence-corrected chi connectivity index (χ4v) is 3.85. The van der Waals surface area contributed by atoms with Crippen molar-refractivity contribution in [2.24, 2.45) is 0 Å². The molecule has 1 aromatic heterocycles. The maximum Gasteiger partial charge on any atom is 0.232 e. The molecule has 6 heteroatoms. The molecule has 0 aliphatic rings. The molecule has 4 nitrogen and oxygen atoms in total. The van der Waals surface area contributed by atoms with E-state index in [2.05, 4.69) is 22.4 Å². The SMILES string of the molecule is CCCNC(=O)C[S@@](=O)Cc1csc(Cc2ccccc2)n1. The number of amides is 1. The average molecular weight is 336 g/mol. The normalized spacial score (nSPS) is 12.0. The van der Waals surface area contributed by atoms with Crippen LogP contribution in [0, 0.1) is 0 Å². The summed E-state index contributed by atoms with van der Waals surface area (Å²) in [6.45, 7) is 2.62. The number of carbonyl (C=O) groups is 1. The van der Waals surface area contributed by atoms with Crippen molar-refractivity contribution in [1.82, 2.24) is 10.3 Å². The van der Waals surface area contributed by atoms with E-state index < -0.39 is 10.8 Å². The fourth-order valence-electron chi connectivity index (χ4n) is 1.94. The van der Waals surface area contributed by atoms with Gasteiger partial charge in [0.15, 0.2) is 0 Å². The molecule has 1 aromatic carbocycles. The summed E-state index contributed by atoms with van der Waals surface area (Å²) in [5.41, 5.74) is 2.01. The van der Waals surface area contributed by atoms with Gasteiger partial charge in [-0.05, 0) is 12.0 Å². The largest absolute Gasteiger partial charge is 0.355 e. The first-order valence-corrected chi connectivity index (χ1v) is 9.63. The highest BCUT2D eigenvalue weighted by Crippen LogP contribution is 2.15. The van der Waals surface area contributed by atoms with Gasteiger partial charge in [0, 0.05) is 29.1 Å². The molecular formula is C16H20N2O2S2. The van der Waals surface area contributed by atoms with Crippen LogP contribution in [0.3, 0.4) is 0 Å². The van der Waals surface area contributed by atoms with Crippen LogP contribution in [-0.4, -0.2) is 27.4 Å². The van der Waals surface area contributed by atoms with Crippen molar-refractivity contribution in [3.05, 3.63) is 52.0 Å². The van der Waals surface area contributed by atoms with Crippen molar-refractivity contribution >= 4 is 28.0 Å². The van der Waals surface area contributed by atoms with Gasteiger partial charge in [-0.2, -0.15) is 0 Å². The molecular weight excluding hydrogens is 316 g/mol. The number of hydrogen-bond donors (Lipinski definition) is 1. The van der Waals surface area contributed by atoms with E-state index in [0.29, 0.717) is 12.3 Å². The van der Waals surface area contributed by atoms with Crippen LogP contribution in [0.15, 0.2) is 35.7 Å². The average Bonchev–Trinajstić information content (AvgIpc) is 2.93. The number of nitrogens with zero attached hydrogens (tertiary/aromatic N) is 1. The highest BCUT2D eigenvalue weighted by atomic mass is 32.2. The summed E-state index contributed by atoms with van der Waals surface area (Å²) in [6.07, 6.45) is 1.67. The maximum atomic E-state index is 12.0. The van der Waals surface area contributed by atoms with E-state index >= 15 is 0 Å². The standard InChI is InChI=1S/C16H20N2O2S2/c1-2-8-17-15(19)12-22(20)11-14-10-21-16(18-14)9-13-6-4-3-5-7-13/h3-7,10H,2,8-9,11-12H2,1H3,(H,17,19)/t22-/m0/s1. The van der Waals surface area contributed by atoms with Gasteiger partial charge in [-0.3, -0.25) is 9.00 Å². The van der Waals surface area contributed by atoms with Gasteiger partial charge in [0.25, 0.3) is 0 Å². The third kappa shape index (κ3) is 5.69. The van der Waals surface area contributed by atoms with Crippen molar-refractivity contribution in [3.8, 4) is 0 Å². The van der Waals surface area contributed by atoms with Gasteiger partial charge < -0.3 is 5.32 Å². The van der Waals surface area contributed by atoms with Gasteiger partial charge >= 0.3 is 0 Å². The van der Waals surface area contributed by atoms with Crippen LogP contribution in [0.1, 0.15) is 29.6 Å². The second-order valence-electron chi connectivity index (χ2n) is 4.97. The summed E-state index contributed by atoms with van der Waals surface area (Å²) in [5, 5.41) is 5.68. The Bertz CT molecular complexity index is 626. The molecule has 1 atom stereocenters. The Morgan fingerprint density at radius 1 is 1.32 bits per heavy atom. The third-order valence-corrected chi connectivity index (χ3v) is 5.07. The predicted octanol–water partition coefficient (Wildman–Crippen LogP) is 2.51. The molecule has 0 unspecified atom stereocenters. The molecule has 118 valence electrons. The molecule has 0 aliphatic carbocycles. The minimum atomic E-state index is -1.21. The number of rotatable bonds is 8. The van der Waals surface area contributed by atoms with E-state index in [1.165, 1.54) is 5.56 Å². The molecule has 2 rings (SSSR count). The van der Waals surface area contributed by atoms with Crippen LogP contribution in [0.5, 0.6) is 0 Å². The van der Waals surface area contributed by atoms with Crippen LogP contribution < -0.4 is 5.32 Å². The van der Waals surface area contributed by atoms with E-state index in [9.17, 15) is 9.00 Å². The van der Waals surface area contributed by atoms with Crippen molar-refractivity contribution in [1.29, 1.82) is 0 Å². The Kier molecular flexibility index (Phi) is 6.74. The third-order valence-electron chi connectivity index (χ3n) is 2.97. The zero-order valence-corrected chi connectivity index (χ0v) is 14.2. The zero-order chi connectivity index (χ0) is 15.8. The van der Waals surface area contributed by atoms with Crippen molar-refractivity contribution in [2.75, 3.05) is 12.3 Å². The lowest BCUT2D eigenvalue weighted by molar-refractivity contribution is -0.118. The van der Waals surface area contributed by atoms with E-state index in [1.54, 1.807) is 11.3 Å². The Labute approximate surface area is 137 Å². The summed E-state index contributed by atoms with van der Waals surface area (Å²) >= 11 is 1.57. The Morgan fingerprint density at radius 3 is 2.82 bits per heavy atom. The second kappa shape index (κ2) is 8.80. The van der Waals surface area contributed by atoms with Crippen LogP contribution in [-0.2, 0) is 27.8 Å². The quantitative estimate of drug-likeness (QED) is 0.806. The van der Waals surface area contributed by atoms with Crippen molar-refractivity contribution < 1.29 is 9.00 Å². The number of carbonyl (C=O) groups excluding carboxylic acids is 1. The second-order valence-corrected chi connectivity index (χ2v) is 7.37. The first-order chi connectivity index (χ1) is 10.7. The molecule has 1 amide bonds. The molecule has 1 N–H and O–H groups in total. The molecule has 0 aliphatic heterocycles. The Hall–Kier alpha value is -1.53. The first kappa shape index (κ1) is 16.8. The van der Waals surface area contributed by atoms with Crippen molar-refractivity contribution in [2.45, 2.75) is 25.5 Å². The van der Waals surface area contributed by atoms with Crippen LogP contribution in [0.25, 0.3) is 0 Å². The van der Waals surface area contributed by atoms with Crippen molar-refractivity contribution in [3.63, 3.8) is 0 Å². The fraction of sp³-hybridized carbons (Fsp3) is 0.375. The predicted molar refractivity (Wildman–Crippen MR) is 91.4 cm³/mol. The maximum absolute atomic E-state index is 12.0. The molecule has 0 radical (unpaired) electrons. The topological polar surface area (TPSA) is 59.1 Å².